The molecule has 21 heavy (non-hydrogen) atoms. The van der Waals surface area contributed by atoms with Crippen molar-refractivity contribution in [2.24, 2.45) is 0 Å². The van der Waals surface area contributed by atoms with E-state index in [9.17, 15) is 4.79 Å². The summed E-state index contributed by atoms with van der Waals surface area (Å²) < 4.78 is 16.0. The molecule has 0 amide bonds. The minimum Gasteiger partial charge on any atom is -0.497 e. The van der Waals surface area contributed by atoms with E-state index in [0.717, 1.165) is 11.5 Å². The summed E-state index contributed by atoms with van der Waals surface area (Å²) in [6, 6.07) is 13.5. The second-order valence-electron chi connectivity index (χ2n) is 4.20. The molecule has 5 heteroatoms. The fourth-order valence-corrected chi connectivity index (χ4v) is 1.68. The van der Waals surface area contributed by atoms with Crippen molar-refractivity contribution in [1.82, 2.24) is 0 Å². The normalized spacial score (nSPS) is 9.95. The molecule has 0 aliphatic heterocycles. The summed E-state index contributed by atoms with van der Waals surface area (Å²) in [5.41, 5.74) is 0.233. The first-order valence-electron chi connectivity index (χ1n) is 6.42. The summed E-state index contributed by atoms with van der Waals surface area (Å²) in [4.78, 5) is 10.7. The van der Waals surface area contributed by atoms with Crippen LogP contribution in [0.3, 0.4) is 0 Å². The van der Waals surface area contributed by atoms with Crippen molar-refractivity contribution < 1.29 is 24.1 Å². The monoisotopic (exact) mass is 288 g/mol. The standard InChI is InChI=1S/C16H16O5/c1-19-13-6-8-15(9-7-13)21-11-10-20-14-4-2-12(3-5-14)16(17)18/h2-9H,10-11H2,1H3,(H,17,18). The van der Waals surface area contributed by atoms with Gasteiger partial charge in [-0.1, -0.05) is 0 Å². The Morgan fingerprint density at radius 1 is 0.857 bits per heavy atom. The Labute approximate surface area is 122 Å². The Morgan fingerprint density at radius 2 is 1.29 bits per heavy atom. The summed E-state index contributed by atoms with van der Waals surface area (Å²) in [5.74, 6) is 1.17. The van der Waals surface area contributed by atoms with E-state index in [1.807, 2.05) is 24.3 Å². The molecule has 0 aromatic heterocycles. The van der Waals surface area contributed by atoms with Gasteiger partial charge in [0.2, 0.25) is 0 Å². The van der Waals surface area contributed by atoms with Gasteiger partial charge in [-0.05, 0) is 48.5 Å². The molecule has 0 aliphatic rings. The Balaban J connectivity index is 1.74. The SMILES string of the molecule is COc1ccc(OCCOc2ccc(C(=O)O)cc2)cc1. The molecular formula is C16H16O5. The molecule has 0 bridgehead atoms. The van der Waals surface area contributed by atoms with E-state index in [1.54, 1.807) is 19.2 Å². The van der Waals surface area contributed by atoms with Crippen LogP contribution in [0.25, 0.3) is 0 Å². The molecule has 0 fully saturated rings. The number of hydrogen-bond donors (Lipinski definition) is 1. The van der Waals surface area contributed by atoms with Crippen LogP contribution in [0.5, 0.6) is 17.2 Å². The average Bonchev–Trinajstić information content (AvgIpc) is 2.52. The van der Waals surface area contributed by atoms with Gasteiger partial charge in [0, 0.05) is 0 Å². The number of ether oxygens (including phenoxy) is 3. The number of rotatable bonds is 7. The van der Waals surface area contributed by atoms with E-state index < -0.39 is 5.97 Å². The molecule has 0 unspecified atom stereocenters. The van der Waals surface area contributed by atoms with Crippen LogP contribution < -0.4 is 14.2 Å². The van der Waals surface area contributed by atoms with E-state index in [4.69, 9.17) is 19.3 Å². The molecule has 2 rings (SSSR count). The van der Waals surface area contributed by atoms with Crippen molar-refractivity contribution in [2.45, 2.75) is 0 Å². The highest BCUT2D eigenvalue weighted by Gasteiger charge is 2.02. The van der Waals surface area contributed by atoms with E-state index >= 15 is 0 Å². The van der Waals surface area contributed by atoms with Gasteiger partial charge in [-0.2, -0.15) is 0 Å². The van der Waals surface area contributed by atoms with Crippen molar-refractivity contribution in [3.63, 3.8) is 0 Å². The molecule has 0 aliphatic carbocycles. The molecule has 0 radical (unpaired) electrons. The van der Waals surface area contributed by atoms with Crippen LogP contribution in [-0.4, -0.2) is 31.4 Å². The first-order valence-corrected chi connectivity index (χ1v) is 6.42. The molecule has 1 N–H and O–H groups in total. The van der Waals surface area contributed by atoms with Crippen LogP contribution in [0.15, 0.2) is 48.5 Å². The molecule has 0 saturated carbocycles. The second-order valence-corrected chi connectivity index (χ2v) is 4.20. The Bertz CT molecular complexity index is 575. The molecule has 5 nitrogen and oxygen atoms in total. The van der Waals surface area contributed by atoms with E-state index in [2.05, 4.69) is 0 Å². The van der Waals surface area contributed by atoms with E-state index in [-0.39, 0.29) is 5.56 Å². The molecule has 0 saturated heterocycles. The zero-order valence-electron chi connectivity index (χ0n) is 11.6. The molecule has 0 spiro atoms. The summed E-state index contributed by atoms with van der Waals surface area (Å²) in [5, 5.41) is 8.78. The summed E-state index contributed by atoms with van der Waals surface area (Å²) in [7, 11) is 1.61. The smallest absolute Gasteiger partial charge is 0.335 e. The molecule has 0 atom stereocenters. The lowest BCUT2D eigenvalue weighted by Crippen LogP contribution is -2.09. The zero-order chi connectivity index (χ0) is 15.1. The van der Waals surface area contributed by atoms with Gasteiger partial charge < -0.3 is 19.3 Å². The number of aromatic carboxylic acids is 1. The third-order valence-corrected chi connectivity index (χ3v) is 2.78. The minimum absolute atomic E-state index is 0.233. The van der Waals surface area contributed by atoms with Crippen LogP contribution in [0.2, 0.25) is 0 Å². The third kappa shape index (κ3) is 4.42. The highest BCUT2D eigenvalue weighted by atomic mass is 16.5. The second kappa shape index (κ2) is 7.19. The first-order chi connectivity index (χ1) is 10.2. The predicted octanol–water partition coefficient (Wildman–Crippen LogP) is 2.85. The maximum absolute atomic E-state index is 10.7. The lowest BCUT2D eigenvalue weighted by atomic mass is 10.2. The molecule has 0 heterocycles. The average molecular weight is 288 g/mol. The van der Waals surface area contributed by atoms with Gasteiger partial charge in [-0.15, -0.1) is 0 Å². The number of carbonyl (C=O) groups is 1. The van der Waals surface area contributed by atoms with Crippen LogP contribution in [-0.2, 0) is 0 Å². The van der Waals surface area contributed by atoms with Crippen LogP contribution in [0.4, 0.5) is 0 Å². The van der Waals surface area contributed by atoms with Crippen molar-refractivity contribution in [3.8, 4) is 17.2 Å². The fourth-order valence-electron chi connectivity index (χ4n) is 1.68. The van der Waals surface area contributed by atoms with Crippen LogP contribution >= 0.6 is 0 Å². The van der Waals surface area contributed by atoms with Crippen LogP contribution in [0, 0.1) is 0 Å². The van der Waals surface area contributed by atoms with E-state index in [0.29, 0.717) is 19.0 Å². The van der Waals surface area contributed by atoms with Crippen molar-refractivity contribution in [1.29, 1.82) is 0 Å². The maximum Gasteiger partial charge on any atom is 0.335 e. The highest BCUT2D eigenvalue weighted by molar-refractivity contribution is 5.87. The van der Waals surface area contributed by atoms with Gasteiger partial charge in [0.25, 0.3) is 0 Å². The third-order valence-electron chi connectivity index (χ3n) is 2.78. The van der Waals surface area contributed by atoms with Crippen molar-refractivity contribution >= 4 is 5.97 Å². The number of carboxylic acids is 1. The van der Waals surface area contributed by atoms with Gasteiger partial charge in [0.05, 0.1) is 12.7 Å². The summed E-state index contributed by atoms with van der Waals surface area (Å²) in [6.45, 7) is 0.769. The molecule has 110 valence electrons. The quantitative estimate of drug-likeness (QED) is 0.794. The molecule has 2 aromatic rings. The summed E-state index contributed by atoms with van der Waals surface area (Å²) in [6.07, 6.45) is 0. The number of methoxy groups -OCH3 is 1. The van der Waals surface area contributed by atoms with Gasteiger partial charge in [0.15, 0.2) is 0 Å². The van der Waals surface area contributed by atoms with Gasteiger partial charge in [-0.25, -0.2) is 4.79 Å². The number of carboxylic acid groups (broad SMARTS) is 1. The minimum atomic E-state index is -0.954. The fraction of sp³-hybridized carbons (Fsp3) is 0.188. The van der Waals surface area contributed by atoms with E-state index in [1.165, 1.54) is 12.1 Å². The topological polar surface area (TPSA) is 65.0 Å². The highest BCUT2D eigenvalue weighted by Crippen LogP contribution is 2.17. The van der Waals surface area contributed by atoms with Crippen LogP contribution in [0.1, 0.15) is 10.4 Å². The van der Waals surface area contributed by atoms with Crippen molar-refractivity contribution in [2.75, 3.05) is 20.3 Å². The molecular weight excluding hydrogens is 272 g/mol. The first kappa shape index (κ1) is 14.7. The molecule has 2 aromatic carbocycles. The Morgan fingerprint density at radius 3 is 1.71 bits per heavy atom. The largest absolute Gasteiger partial charge is 0.497 e. The lowest BCUT2D eigenvalue weighted by molar-refractivity contribution is 0.0697. The van der Waals surface area contributed by atoms with Gasteiger partial charge in [0.1, 0.15) is 30.5 Å². The van der Waals surface area contributed by atoms with Gasteiger partial charge in [-0.3, -0.25) is 0 Å². The van der Waals surface area contributed by atoms with Crippen molar-refractivity contribution in [3.05, 3.63) is 54.1 Å². The summed E-state index contributed by atoms with van der Waals surface area (Å²) >= 11 is 0. The lowest BCUT2D eigenvalue weighted by Gasteiger charge is -2.09. The Hall–Kier alpha value is -2.69. The number of hydrogen-bond acceptors (Lipinski definition) is 4. The Kier molecular flexibility index (Phi) is 5.04. The number of benzene rings is 2. The maximum atomic E-state index is 10.7. The predicted molar refractivity (Wildman–Crippen MR) is 77.4 cm³/mol. The van der Waals surface area contributed by atoms with Gasteiger partial charge >= 0.3 is 5.97 Å². The zero-order valence-corrected chi connectivity index (χ0v) is 11.6.